The molecule has 37 heavy (non-hydrogen) atoms. The van der Waals surface area contributed by atoms with Crippen LogP contribution in [-0.2, 0) is 4.79 Å². The zero-order valence-electron chi connectivity index (χ0n) is 20.0. The Morgan fingerprint density at radius 2 is 2.00 bits per heavy atom. The first-order chi connectivity index (χ1) is 18.0. The molecule has 10 heteroatoms. The monoisotopic (exact) mass is 511 g/mol. The molecule has 8 nitrogen and oxygen atoms in total. The minimum atomic E-state index is -0.471. The maximum atomic E-state index is 15.2. The number of carbonyl (C=O) groups excluding carboxylic acids is 1. The third-order valence-corrected chi connectivity index (χ3v) is 6.68. The summed E-state index contributed by atoms with van der Waals surface area (Å²) in [6, 6.07) is 8.91. The number of aromatic amines is 2. The molecule has 0 saturated heterocycles. The number of halogens is 1. The van der Waals surface area contributed by atoms with Crippen LogP contribution in [0.15, 0.2) is 59.7 Å². The van der Waals surface area contributed by atoms with Crippen molar-refractivity contribution in [2.24, 2.45) is 5.92 Å². The van der Waals surface area contributed by atoms with Crippen LogP contribution in [0.1, 0.15) is 20.3 Å². The van der Waals surface area contributed by atoms with E-state index in [1.807, 2.05) is 42.8 Å². The van der Waals surface area contributed by atoms with Gasteiger partial charge in [0.15, 0.2) is 11.6 Å². The van der Waals surface area contributed by atoms with Crippen LogP contribution < -0.4 is 5.32 Å². The number of benzene rings is 1. The van der Waals surface area contributed by atoms with Gasteiger partial charge in [-0.25, -0.2) is 9.37 Å². The molecule has 184 valence electrons. The highest BCUT2D eigenvalue weighted by Crippen LogP contribution is 2.34. The highest BCUT2D eigenvalue weighted by molar-refractivity contribution is 7.08. The van der Waals surface area contributed by atoms with Crippen LogP contribution >= 0.6 is 11.3 Å². The van der Waals surface area contributed by atoms with Gasteiger partial charge in [-0.1, -0.05) is 13.8 Å². The van der Waals surface area contributed by atoms with E-state index in [-0.39, 0.29) is 17.3 Å². The van der Waals surface area contributed by atoms with Crippen LogP contribution in [0.2, 0.25) is 0 Å². The number of hydrogen-bond donors (Lipinski definition) is 3. The molecule has 6 rings (SSSR count). The number of imidazole rings is 1. The van der Waals surface area contributed by atoms with Crippen molar-refractivity contribution in [1.29, 1.82) is 0 Å². The van der Waals surface area contributed by atoms with Crippen LogP contribution in [0.4, 0.5) is 10.1 Å². The van der Waals surface area contributed by atoms with E-state index < -0.39 is 5.82 Å². The van der Waals surface area contributed by atoms with Gasteiger partial charge in [0.2, 0.25) is 5.91 Å². The summed E-state index contributed by atoms with van der Waals surface area (Å²) < 4.78 is 15.2. The maximum Gasteiger partial charge on any atom is 0.224 e. The van der Waals surface area contributed by atoms with Gasteiger partial charge < -0.3 is 10.3 Å². The second kappa shape index (κ2) is 9.21. The Kier molecular flexibility index (Phi) is 5.72. The summed E-state index contributed by atoms with van der Waals surface area (Å²) in [5.74, 6) is 0.212. The summed E-state index contributed by atoms with van der Waals surface area (Å²) in [5.41, 5.74) is 5.93. The van der Waals surface area contributed by atoms with Gasteiger partial charge in [0.25, 0.3) is 0 Å². The quantitative estimate of drug-likeness (QED) is 0.239. The predicted octanol–water partition coefficient (Wildman–Crippen LogP) is 6.42. The molecule has 0 bridgehead atoms. The number of hydrogen-bond acceptors (Lipinski definition) is 6. The molecule has 1 aromatic carbocycles. The van der Waals surface area contributed by atoms with Crippen LogP contribution in [0.3, 0.4) is 0 Å². The Hall–Kier alpha value is -4.44. The SMILES string of the molecule is CC(C)CC(=O)Nc1cncc(-c2cc(F)c3n[nH]c(-c4nc5c(-c6ccsc6)nccc5[nH]4)c3c2)c1. The molecule has 0 unspecified atom stereocenters. The predicted molar refractivity (Wildman–Crippen MR) is 144 cm³/mol. The maximum absolute atomic E-state index is 15.2. The lowest BCUT2D eigenvalue weighted by Crippen LogP contribution is -2.13. The first-order valence-electron chi connectivity index (χ1n) is 11.8. The number of carbonyl (C=O) groups is 1. The van der Waals surface area contributed by atoms with Crippen molar-refractivity contribution in [2.45, 2.75) is 20.3 Å². The minimum Gasteiger partial charge on any atom is -0.337 e. The molecule has 5 heterocycles. The molecule has 0 atom stereocenters. The van der Waals surface area contributed by atoms with Crippen molar-refractivity contribution >= 4 is 44.9 Å². The van der Waals surface area contributed by atoms with Crippen molar-refractivity contribution in [2.75, 3.05) is 5.32 Å². The van der Waals surface area contributed by atoms with Gasteiger partial charge in [0.05, 0.1) is 23.1 Å². The van der Waals surface area contributed by atoms with Gasteiger partial charge in [-0.2, -0.15) is 16.4 Å². The lowest BCUT2D eigenvalue weighted by Gasteiger charge is -2.09. The molecule has 0 aliphatic carbocycles. The zero-order chi connectivity index (χ0) is 25.5. The number of nitrogens with zero attached hydrogens (tertiary/aromatic N) is 4. The highest BCUT2D eigenvalue weighted by Gasteiger charge is 2.18. The Morgan fingerprint density at radius 3 is 2.81 bits per heavy atom. The van der Waals surface area contributed by atoms with E-state index in [4.69, 9.17) is 4.98 Å². The molecule has 6 aromatic rings. The molecular weight excluding hydrogens is 489 g/mol. The third-order valence-electron chi connectivity index (χ3n) is 5.99. The fourth-order valence-electron chi connectivity index (χ4n) is 4.34. The van der Waals surface area contributed by atoms with Crippen molar-refractivity contribution in [3.05, 3.63) is 65.5 Å². The Bertz CT molecular complexity index is 1750. The summed E-state index contributed by atoms with van der Waals surface area (Å²) >= 11 is 1.59. The fraction of sp³-hybridized carbons (Fsp3) is 0.148. The van der Waals surface area contributed by atoms with Crippen LogP contribution in [-0.4, -0.2) is 36.0 Å². The first-order valence-corrected chi connectivity index (χ1v) is 12.7. The number of H-pyrrole nitrogens is 2. The second-order valence-electron chi connectivity index (χ2n) is 9.21. The number of aromatic nitrogens is 6. The standard InChI is InChI=1S/C27H22FN7OS/c1-14(2)7-22(36)31-18-8-17(11-29-12-18)16-9-19-24(20(28)10-16)34-35-25(19)27-32-21-3-5-30-23(26(21)33-27)15-4-6-37-13-15/h3-6,8-14H,7H2,1-2H3,(H,31,36)(H,32,33)(H,34,35). The number of amides is 1. The van der Waals surface area contributed by atoms with Gasteiger partial charge in [0, 0.05) is 40.7 Å². The highest BCUT2D eigenvalue weighted by atomic mass is 32.1. The van der Waals surface area contributed by atoms with E-state index in [2.05, 4.69) is 30.5 Å². The average Bonchev–Trinajstić information content (AvgIpc) is 3.62. The molecule has 0 aliphatic heterocycles. The molecule has 0 spiro atoms. The topological polar surface area (TPSA) is 112 Å². The molecule has 0 fully saturated rings. The second-order valence-corrected chi connectivity index (χ2v) is 9.99. The van der Waals surface area contributed by atoms with E-state index in [0.717, 1.165) is 22.3 Å². The zero-order valence-corrected chi connectivity index (χ0v) is 20.9. The van der Waals surface area contributed by atoms with E-state index in [1.54, 1.807) is 36.0 Å². The lowest BCUT2D eigenvalue weighted by molar-refractivity contribution is -0.116. The molecule has 0 aliphatic rings. The average molecular weight is 512 g/mol. The van der Waals surface area contributed by atoms with Crippen LogP contribution in [0.25, 0.3) is 55.8 Å². The number of nitrogens with one attached hydrogen (secondary N) is 3. The van der Waals surface area contributed by atoms with Crippen molar-refractivity contribution < 1.29 is 9.18 Å². The largest absolute Gasteiger partial charge is 0.337 e. The van der Waals surface area contributed by atoms with Crippen LogP contribution in [0, 0.1) is 11.7 Å². The van der Waals surface area contributed by atoms with E-state index in [9.17, 15) is 4.79 Å². The van der Waals surface area contributed by atoms with Gasteiger partial charge in [-0.15, -0.1) is 0 Å². The normalized spacial score (nSPS) is 11.6. The molecule has 3 N–H and O–H groups in total. The summed E-state index contributed by atoms with van der Waals surface area (Å²) in [6.07, 6.45) is 5.36. The molecular formula is C27H22FN7OS. The first kappa shape index (κ1) is 23.0. The summed E-state index contributed by atoms with van der Waals surface area (Å²) in [4.78, 5) is 29.1. The summed E-state index contributed by atoms with van der Waals surface area (Å²) in [6.45, 7) is 3.96. The summed E-state index contributed by atoms with van der Waals surface area (Å²) in [5, 5.41) is 14.6. The summed E-state index contributed by atoms with van der Waals surface area (Å²) in [7, 11) is 0. The van der Waals surface area contributed by atoms with Gasteiger partial charge >= 0.3 is 0 Å². The third kappa shape index (κ3) is 4.36. The van der Waals surface area contributed by atoms with E-state index in [0.29, 0.717) is 40.1 Å². The van der Waals surface area contributed by atoms with Gasteiger partial charge in [-0.3, -0.25) is 19.9 Å². The Morgan fingerprint density at radius 1 is 1.11 bits per heavy atom. The molecule has 5 aromatic heterocycles. The number of thiophene rings is 1. The molecule has 0 radical (unpaired) electrons. The van der Waals surface area contributed by atoms with Crippen molar-refractivity contribution in [3.63, 3.8) is 0 Å². The Labute approximate surface area is 215 Å². The minimum absolute atomic E-state index is 0.0890. The van der Waals surface area contributed by atoms with Crippen molar-refractivity contribution in [1.82, 2.24) is 30.1 Å². The molecule has 1 amide bonds. The van der Waals surface area contributed by atoms with E-state index >= 15 is 4.39 Å². The van der Waals surface area contributed by atoms with E-state index in [1.165, 1.54) is 6.07 Å². The fourth-order valence-corrected chi connectivity index (χ4v) is 4.98. The smallest absolute Gasteiger partial charge is 0.224 e. The van der Waals surface area contributed by atoms with Crippen molar-refractivity contribution in [3.8, 4) is 33.9 Å². The van der Waals surface area contributed by atoms with Gasteiger partial charge in [-0.05, 0) is 47.2 Å². The number of fused-ring (bicyclic) bond motifs is 2. The number of pyridine rings is 2. The molecule has 0 saturated carbocycles. The number of anilines is 1. The lowest BCUT2D eigenvalue weighted by atomic mass is 10.0. The Balaban J connectivity index is 1.41. The van der Waals surface area contributed by atoms with Crippen LogP contribution in [0.5, 0.6) is 0 Å². The number of rotatable bonds is 6. The van der Waals surface area contributed by atoms with Gasteiger partial charge in [0.1, 0.15) is 16.7 Å².